The predicted octanol–water partition coefficient (Wildman–Crippen LogP) is 1.85. The van der Waals surface area contributed by atoms with E-state index in [1.165, 1.54) is 19.3 Å². The SMILES string of the molecule is CCCC1CC1Nc1ccc(N)c(N)n1. The van der Waals surface area contributed by atoms with Crippen molar-refractivity contribution in [3.05, 3.63) is 12.1 Å². The molecular formula is C11H18N4. The minimum atomic E-state index is 0.410. The number of nitrogens with two attached hydrogens (primary N) is 2. The molecule has 0 amide bonds. The summed E-state index contributed by atoms with van der Waals surface area (Å²) in [7, 11) is 0. The average Bonchev–Trinajstić information content (AvgIpc) is 2.91. The number of hydrogen-bond acceptors (Lipinski definition) is 4. The van der Waals surface area contributed by atoms with Crippen LogP contribution >= 0.6 is 0 Å². The molecule has 1 fully saturated rings. The topological polar surface area (TPSA) is 77.0 Å². The van der Waals surface area contributed by atoms with Crippen molar-refractivity contribution in [3.63, 3.8) is 0 Å². The van der Waals surface area contributed by atoms with Gasteiger partial charge in [-0.15, -0.1) is 0 Å². The monoisotopic (exact) mass is 206 g/mol. The molecule has 1 aromatic rings. The number of hydrogen-bond donors (Lipinski definition) is 3. The van der Waals surface area contributed by atoms with Crippen LogP contribution in [0, 0.1) is 5.92 Å². The molecule has 2 rings (SSSR count). The number of aromatic nitrogens is 1. The Morgan fingerprint density at radius 1 is 1.47 bits per heavy atom. The van der Waals surface area contributed by atoms with E-state index in [1.54, 1.807) is 6.07 Å². The van der Waals surface area contributed by atoms with E-state index in [0.29, 0.717) is 17.5 Å². The van der Waals surface area contributed by atoms with Crippen LogP contribution in [-0.2, 0) is 0 Å². The first kappa shape index (κ1) is 10.1. The zero-order valence-corrected chi connectivity index (χ0v) is 9.03. The molecule has 1 aliphatic rings. The zero-order chi connectivity index (χ0) is 10.8. The van der Waals surface area contributed by atoms with Crippen LogP contribution in [0.5, 0.6) is 0 Å². The van der Waals surface area contributed by atoms with Crippen molar-refractivity contribution in [3.8, 4) is 0 Å². The zero-order valence-electron chi connectivity index (χ0n) is 9.03. The first-order chi connectivity index (χ1) is 7.20. The van der Waals surface area contributed by atoms with E-state index in [1.807, 2.05) is 6.07 Å². The first-order valence-corrected chi connectivity index (χ1v) is 5.49. The van der Waals surface area contributed by atoms with Crippen molar-refractivity contribution in [2.75, 3.05) is 16.8 Å². The summed E-state index contributed by atoms with van der Waals surface area (Å²) in [5.74, 6) is 2.06. The van der Waals surface area contributed by atoms with Crippen LogP contribution in [0.1, 0.15) is 26.2 Å². The van der Waals surface area contributed by atoms with Crippen LogP contribution in [0.25, 0.3) is 0 Å². The van der Waals surface area contributed by atoms with Gasteiger partial charge in [0, 0.05) is 6.04 Å². The summed E-state index contributed by atoms with van der Waals surface area (Å²) >= 11 is 0. The molecule has 1 saturated carbocycles. The van der Waals surface area contributed by atoms with Gasteiger partial charge >= 0.3 is 0 Å². The fraction of sp³-hybridized carbons (Fsp3) is 0.545. The molecule has 5 N–H and O–H groups in total. The van der Waals surface area contributed by atoms with Crippen molar-refractivity contribution in [2.24, 2.45) is 5.92 Å². The smallest absolute Gasteiger partial charge is 0.149 e. The molecule has 0 bridgehead atoms. The normalized spacial score (nSPS) is 23.8. The van der Waals surface area contributed by atoms with Gasteiger partial charge in [-0.05, 0) is 30.9 Å². The van der Waals surface area contributed by atoms with Gasteiger partial charge in [0.05, 0.1) is 5.69 Å². The van der Waals surface area contributed by atoms with Crippen LogP contribution in [0.15, 0.2) is 12.1 Å². The molecule has 2 unspecified atom stereocenters. The van der Waals surface area contributed by atoms with Crippen LogP contribution < -0.4 is 16.8 Å². The maximum absolute atomic E-state index is 5.63. The van der Waals surface area contributed by atoms with Crippen molar-refractivity contribution in [2.45, 2.75) is 32.2 Å². The van der Waals surface area contributed by atoms with E-state index < -0.39 is 0 Å². The number of rotatable bonds is 4. The molecule has 1 aromatic heterocycles. The highest BCUT2D eigenvalue weighted by molar-refractivity contribution is 5.61. The van der Waals surface area contributed by atoms with Gasteiger partial charge in [0.2, 0.25) is 0 Å². The van der Waals surface area contributed by atoms with Gasteiger partial charge in [-0.1, -0.05) is 13.3 Å². The minimum Gasteiger partial charge on any atom is -0.396 e. The molecule has 2 atom stereocenters. The lowest BCUT2D eigenvalue weighted by molar-refractivity contribution is 0.692. The lowest BCUT2D eigenvalue weighted by Gasteiger charge is -2.06. The second-order valence-corrected chi connectivity index (χ2v) is 4.21. The molecule has 15 heavy (non-hydrogen) atoms. The summed E-state index contributed by atoms with van der Waals surface area (Å²) in [5.41, 5.74) is 11.8. The number of anilines is 3. The molecule has 82 valence electrons. The van der Waals surface area contributed by atoms with Gasteiger partial charge < -0.3 is 16.8 Å². The van der Waals surface area contributed by atoms with Gasteiger partial charge in [0.1, 0.15) is 11.6 Å². The van der Waals surface area contributed by atoms with E-state index in [9.17, 15) is 0 Å². The van der Waals surface area contributed by atoms with Gasteiger partial charge in [0.25, 0.3) is 0 Å². The largest absolute Gasteiger partial charge is 0.396 e. The second-order valence-electron chi connectivity index (χ2n) is 4.21. The van der Waals surface area contributed by atoms with E-state index in [4.69, 9.17) is 11.5 Å². The number of nitrogens with one attached hydrogen (secondary N) is 1. The van der Waals surface area contributed by atoms with Crippen LogP contribution in [0.2, 0.25) is 0 Å². The lowest BCUT2D eigenvalue weighted by Crippen LogP contribution is -2.08. The van der Waals surface area contributed by atoms with Crippen molar-refractivity contribution < 1.29 is 0 Å². The predicted molar refractivity (Wildman–Crippen MR) is 63.5 cm³/mol. The molecule has 1 aliphatic carbocycles. The number of pyridine rings is 1. The van der Waals surface area contributed by atoms with Crippen LogP contribution in [0.4, 0.5) is 17.3 Å². The van der Waals surface area contributed by atoms with Crippen LogP contribution in [0.3, 0.4) is 0 Å². The Bertz CT molecular complexity index is 350. The van der Waals surface area contributed by atoms with Gasteiger partial charge in [-0.25, -0.2) is 4.98 Å². The fourth-order valence-corrected chi connectivity index (χ4v) is 1.87. The molecule has 0 aliphatic heterocycles. The van der Waals surface area contributed by atoms with Crippen molar-refractivity contribution in [1.29, 1.82) is 0 Å². The van der Waals surface area contributed by atoms with Crippen molar-refractivity contribution in [1.82, 2.24) is 4.98 Å². The third-order valence-electron chi connectivity index (χ3n) is 2.87. The summed E-state index contributed by atoms with van der Waals surface area (Å²) in [5, 5.41) is 3.37. The summed E-state index contributed by atoms with van der Waals surface area (Å²) in [6.07, 6.45) is 3.79. The minimum absolute atomic E-state index is 0.410. The highest BCUT2D eigenvalue weighted by atomic mass is 15.1. The summed E-state index contributed by atoms with van der Waals surface area (Å²) < 4.78 is 0. The highest BCUT2D eigenvalue weighted by Crippen LogP contribution is 2.37. The van der Waals surface area contributed by atoms with Gasteiger partial charge in [-0.3, -0.25) is 0 Å². The molecule has 0 radical (unpaired) electrons. The molecule has 4 nitrogen and oxygen atoms in total. The van der Waals surface area contributed by atoms with Gasteiger partial charge in [0.15, 0.2) is 0 Å². The van der Waals surface area contributed by atoms with Crippen LogP contribution in [-0.4, -0.2) is 11.0 Å². The average molecular weight is 206 g/mol. The maximum atomic E-state index is 5.63. The Morgan fingerprint density at radius 2 is 2.27 bits per heavy atom. The summed E-state index contributed by atoms with van der Waals surface area (Å²) in [6, 6.07) is 4.26. The quantitative estimate of drug-likeness (QED) is 0.702. The third kappa shape index (κ3) is 2.32. The lowest BCUT2D eigenvalue weighted by atomic mass is 10.2. The molecule has 0 saturated heterocycles. The second kappa shape index (κ2) is 3.96. The molecule has 1 heterocycles. The number of nitrogen functional groups attached to an aromatic ring is 2. The Kier molecular flexibility index (Phi) is 2.66. The molecular weight excluding hydrogens is 188 g/mol. The van der Waals surface area contributed by atoms with E-state index in [-0.39, 0.29) is 0 Å². The Balaban J connectivity index is 1.92. The van der Waals surface area contributed by atoms with Crippen molar-refractivity contribution >= 4 is 17.3 Å². The highest BCUT2D eigenvalue weighted by Gasteiger charge is 2.36. The third-order valence-corrected chi connectivity index (χ3v) is 2.87. The number of nitrogens with zero attached hydrogens (tertiary/aromatic N) is 1. The fourth-order valence-electron chi connectivity index (χ4n) is 1.87. The summed E-state index contributed by atoms with van der Waals surface area (Å²) in [6.45, 7) is 2.22. The Labute approximate surface area is 90.1 Å². The Morgan fingerprint density at radius 3 is 2.93 bits per heavy atom. The summed E-state index contributed by atoms with van der Waals surface area (Å²) in [4.78, 5) is 4.19. The standard InChI is InChI=1S/C11H18N4/c1-2-3-7-6-9(7)14-10-5-4-8(12)11(13)15-10/h4-5,7,9H,2-3,6,12H2,1H3,(H3,13,14,15). The van der Waals surface area contributed by atoms with E-state index in [0.717, 1.165) is 11.7 Å². The van der Waals surface area contributed by atoms with Gasteiger partial charge in [-0.2, -0.15) is 0 Å². The molecule has 4 heteroatoms. The maximum Gasteiger partial charge on any atom is 0.149 e. The molecule has 0 aromatic carbocycles. The Hall–Kier alpha value is -1.45. The molecule has 0 spiro atoms. The van der Waals surface area contributed by atoms with E-state index >= 15 is 0 Å². The van der Waals surface area contributed by atoms with E-state index in [2.05, 4.69) is 17.2 Å². The first-order valence-electron chi connectivity index (χ1n) is 5.49.